The molecule has 6 heterocycles. The molecule has 39 heavy (non-hydrogen) atoms. The van der Waals surface area contributed by atoms with Crippen LogP contribution < -0.4 is 15.7 Å². The molecular weight excluding hydrogens is 496 g/mol. The lowest BCUT2D eigenvalue weighted by molar-refractivity contribution is 0.121. The summed E-state index contributed by atoms with van der Waals surface area (Å²) < 4.78 is 7.59. The number of hydroxylamine groups is 1. The SMILES string of the molecule is O=C1NC(c2ccc(-c3cnc(N4CCOCC4)c4nc(/C=C/c5ccc6ccccc6n5)cn34)cn2)NO1. The molecule has 0 saturated carbocycles. The van der Waals surface area contributed by atoms with E-state index >= 15 is 0 Å². The molecule has 0 spiro atoms. The number of anilines is 1. The molecule has 0 radical (unpaired) electrons. The second-order valence-corrected chi connectivity index (χ2v) is 9.24. The highest BCUT2D eigenvalue weighted by Gasteiger charge is 2.25. The number of fused-ring (bicyclic) bond motifs is 2. The van der Waals surface area contributed by atoms with E-state index in [0.717, 1.165) is 58.1 Å². The van der Waals surface area contributed by atoms with Gasteiger partial charge in [-0.1, -0.05) is 24.3 Å². The van der Waals surface area contributed by atoms with E-state index in [4.69, 9.17) is 24.5 Å². The number of carbonyl (C=O) groups is 1. The van der Waals surface area contributed by atoms with Crippen molar-refractivity contribution in [3.8, 4) is 11.3 Å². The first-order chi connectivity index (χ1) is 19.2. The maximum absolute atomic E-state index is 11.4. The summed E-state index contributed by atoms with van der Waals surface area (Å²) in [6.07, 6.45) is 8.49. The number of nitrogens with zero attached hydrogens (tertiary/aromatic N) is 6. The molecule has 1 aromatic carbocycles. The third-order valence-corrected chi connectivity index (χ3v) is 6.76. The Kier molecular flexibility index (Phi) is 5.83. The number of aromatic nitrogens is 5. The van der Waals surface area contributed by atoms with E-state index in [2.05, 4.69) is 32.8 Å². The average Bonchev–Trinajstić information content (AvgIpc) is 3.62. The molecule has 194 valence electrons. The van der Waals surface area contributed by atoms with Crippen molar-refractivity contribution in [1.29, 1.82) is 0 Å². The number of hydrogen-bond acceptors (Lipinski definition) is 9. The first-order valence-electron chi connectivity index (χ1n) is 12.7. The van der Waals surface area contributed by atoms with Gasteiger partial charge in [0.25, 0.3) is 0 Å². The molecule has 11 nitrogen and oxygen atoms in total. The third-order valence-electron chi connectivity index (χ3n) is 6.76. The Morgan fingerprint density at radius 2 is 1.79 bits per heavy atom. The van der Waals surface area contributed by atoms with Crippen LogP contribution in [0.5, 0.6) is 0 Å². The Morgan fingerprint density at radius 3 is 2.62 bits per heavy atom. The van der Waals surface area contributed by atoms with Crippen molar-refractivity contribution in [1.82, 2.24) is 35.1 Å². The van der Waals surface area contributed by atoms with Crippen LogP contribution >= 0.6 is 0 Å². The van der Waals surface area contributed by atoms with Crippen LogP contribution in [-0.2, 0) is 9.57 Å². The fourth-order valence-corrected chi connectivity index (χ4v) is 4.77. The van der Waals surface area contributed by atoms with Crippen LogP contribution in [0.3, 0.4) is 0 Å². The molecule has 1 atom stereocenters. The quantitative estimate of drug-likeness (QED) is 0.358. The third kappa shape index (κ3) is 4.54. The maximum atomic E-state index is 11.4. The zero-order valence-electron chi connectivity index (χ0n) is 20.8. The minimum atomic E-state index is -0.534. The molecule has 2 fully saturated rings. The lowest BCUT2D eigenvalue weighted by atomic mass is 10.2. The summed E-state index contributed by atoms with van der Waals surface area (Å²) in [6.45, 7) is 2.80. The number of para-hydroxylation sites is 1. The molecule has 2 saturated heterocycles. The smallest absolute Gasteiger partial charge is 0.378 e. The summed E-state index contributed by atoms with van der Waals surface area (Å²) >= 11 is 0. The van der Waals surface area contributed by atoms with E-state index in [-0.39, 0.29) is 0 Å². The number of morpholine rings is 1. The number of nitrogens with one attached hydrogen (secondary N) is 2. The van der Waals surface area contributed by atoms with E-state index < -0.39 is 12.3 Å². The lowest BCUT2D eigenvalue weighted by Gasteiger charge is -2.28. The van der Waals surface area contributed by atoms with Gasteiger partial charge in [-0.05, 0) is 36.4 Å². The summed E-state index contributed by atoms with van der Waals surface area (Å²) in [7, 11) is 0. The molecule has 4 aromatic heterocycles. The standard InChI is InChI=1S/C28H24N8O3/c37-28-33-25(34-39-28)23-10-6-19(15-29-23)24-16-30-26(35-11-13-38-14-12-35)27-32-21(17-36(24)27)9-8-20-7-5-18-3-1-2-4-22(18)31-20/h1-10,15-17,25,34H,11-14H2,(H,33,37)/b9-8+. The van der Waals surface area contributed by atoms with Crippen molar-refractivity contribution in [2.45, 2.75) is 6.17 Å². The van der Waals surface area contributed by atoms with Gasteiger partial charge in [0.15, 0.2) is 17.6 Å². The number of carbonyl (C=O) groups excluding carboxylic acids is 1. The van der Waals surface area contributed by atoms with Crippen LogP contribution in [-0.4, -0.2) is 56.7 Å². The van der Waals surface area contributed by atoms with E-state index in [1.54, 1.807) is 6.20 Å². The first kappa shape index (κ1) is 23.3. The largest absolute Gasteiger partial charge is 0.427 e. The van der Waals surface area contributed by atoms with Crippen LogP contribution in [0, 0.1) is 0 Å². The zero-order chi connectivity index (χ0) is 26.2. The van der Waals surface area contributed by atoms with Crippen LogP contribution in [0.4, 0.5) is 10.6 Å². The highest BCUT2D eigenvalue weighted by atomic mass is 16.7. The van der Waals surface area contributed by atoms with Crippen LogP contribution in [0.25, 0.3) is 40.0 Å². The molecule has 2 aliphatic rings. The van der Waals surface area contributed by atoms with Gasteiger partial charge in [-0.15, -0.1) is 5.48 Å². The molecule has 0 aliphatic carbocycles. The number of amides is 1. The van der Waals surface area contributed by atoms with Crippen molar-refractivity contribution in [3.63, 3.8) is 0 Å². The Labute approximate surface area is 223 Å². The monoisotopic (exact) mass is 520 g/mol. The lowest BCUT2D eigenvalue weighted by Crippen LogP contribution is -2.37. The van der Waals surface area contributed by atoms with Gasteiger partial charge in [0.05, 0.1) is 47.7 Å². The van der Waals surface area contributed by atoms with Crippen molar-refractivity contribution in [3.05, 3.63) is 84.2 Å². The summed E-state index contributed by atoms with van der Waals surface area (Å²) in [5, 5.41) is 3.76. The first-order valence-corrected chi connectivity index (χ1v) is 12.7. The zero-order valence-corrected chi connectivity index (χ0v) is 20.8. The minimum absolute atomic E-state index is 0.498. The number of imidazole rings is 1. The fraction of sp³-hybridized carbons (Fsp3) is 0.179. The van der Waals surface area contributed by atoms with E-state index in [9.17, 15) is 4.79 Å². The molecule has 1 unspecified atom stereocenters. The van der Waals surface area contributed by atoms with Gasteiger partial charge in [0.1, 0.15) is 0 Å². The number of ether oxygens (including phenoxy) is 1. The molecule has 5 aromatic rings. The minimum Gasteiger partial charge on any atom is -0.378 e. The maximum Gasteiger partial charge on any atom is 0.427 e. The van der Waals surface area contributed by atoms with Gasteiger partial charge < -0.3 is 14.5 Å². The van der Waals surface area contributed by atoms with Crippen molar-refractivity contribution < 1.29 is 14.4 Å². The predicted molar refractivity (Wildman–Crippen MR) is 145 cm³/mol. The molecule has 7 rings (SSSR count). The highest BCUT2D eigenvalue weighted by molar-refractivity contribution is 5.81. The Morgan fingerprint density at radius 1 is 0.923 bits per heavy atom. The van der Waals surface area contributed by atoms with Gasteiger partial charge >= 0.3 is 6.09 Å². The summed E-state index contributed by atoms with van der Waals surface area (Å²) in [6, 6.07) is 15.9. The fourth-order valence-electron chi connectivity index (χ4n) is 4.77. The Balaban J connectivity index is 1.26. The van der Waals surface area contributed by atoms with Gasteiger partial charge in [-0.25, -0.2) is 19.7 Å². The predicted octanol–water partition coefficient (Wildman–Crippen LogP) is 3.59. The van der Waals surface area contributed by atoms with Crippen molar-refractivity contribution in [2.75, 3.05) is 31.2 Å². The molecule has 1 amide bonds. The van der Waals surface area contributed by atoms with Crippen molar-refractivity contribution >= 4 is 40.6 Å². The van der Waals surface area contributed by atoms with E-state index in [0.29, 0.717) is 18.9 Å². The van der Waals surface area contributed by atoms with Crippen LogP contribution in [0.15, 0.2) is 67.1 Å². The van der Waals surface area contributed by atoms with Gasteiger partial charge in [0, 0.05) is 36.4 Å². The number of pyridine rings is 2. The Bertz CT molecular complexity index is 1710. The molecule has 2 aliphatic heterocycles. The second kappa shape index (κ2) is 9.78. The van der Waals surface area contributed by atoms with Crippen molar-refractivity contribution in [2.24, 2.45) is 0 Å². The number of hydrogen-bond donors (Lipinski definition) is 2. The average molecular weight is 521 g/mol. The highest BCUT2D eigenvalue weighted by Crippen LogP contribution is 2.28. The molecular formula is C28H24N8O3. The van der Waals surface area contributed by atoms with Crippen LogP contribution in [0.1, 0.15) is 23.2 Å². The van der Waals surface area contributed by atoms with Gasteiger partial charge in [-0.2, -0.15) is 0 Å². The second-order valence-electron chi connectivity index (χ2n) is 9.24. The van der Waals surface area contributed by atoms with Crippen LogP contribution in [0.2, 0.25) is 0 Å². The topological polar surface area (TPSA) is 119 Å². The van der Waals surface area contributed by atoms with E-state index in [1.165, 1.54) is 0 Å². The Hall–Kier alpha value is -4.87. The molecule has 2 N–H and O–H groups in total. The summed E-state index contributed by atoms with van der Waals surface area (Å²) in [5.41, 5.74) is 8.30. The summed E-state index contributed by atoms with van der Waals surface area (Å²) in [5.74, 6) is 0.810. The van der Waals surface area contributed by atoms with Gasteiger partial charge in [-0.3, -0.25) is 14.7 Å². The number of benzene rings is 1. The number of rotatable bonds is 5. The molecule has 11 heteroatoms. The summed E-state index contributed by atoms with van der Waals surface area (Å²) in [4.78, 5) is 37.4. The van der Waals surface area contributed by atoms with Gasteiger partial charge in [0.2, 0.25) is 0 Å². The molecule has 0 bridgehead atoms. The normalized spacial score (nSPS) is 17.7. The van der Waals surface area contributed by atoms with E-state index in [1.807, 2.05) is 65.3 Å².